The summed E-state index contributed by atoms with van der Waals surface area (Å²) in [6.07, 6.45) is 3.29. The summed E-state index contributed by atoms with van der Waals surface area (Å²) in [5, 5.41) is 8.82. The minimum absolute atomic E-state index is 0.359. The van der Waals surface area contributed by atoms with Crippen molar-refractivity contribution >= 4 is 46.3 Å². The summed E-state index contributed by atoms with van der Waals surface area (Å²) in [5.41, 5.74) is 5.72. The maximum atomic E-state index is 12.1. The zero-order valence-electron chi connectivity index (χ0n) is 26.0. The lowest BCUT2D eigenvalue weighted by Gasteiger charge is -2.10. The van der Waals surface area contributed by atoms with E-state index in [9.17, 15) is 35.9 Å². The second kappa shape index (κ2) is 15.1. The number of aromatic nitrogens is 4. The number of pyridine rings is 2. The molecule has 6 aromatic rings. The third-order valence-corrected chi connectivity index (χ3v) is 7.12. The van der Waals surface area contributed by atoms with Gasteiger partial charge in [0.2, 0.25) is 0 Å². The minimum Gasteiger partial charge on any atom is -0.329 e. The number of alkyl halides is 6. The van der Waals surface area contributed by atoms with Gasteiger partial charge in [-0.1, -0.05) is 41.8 Å². The van der Waals surface area contributed by atoms with Gasteiger partial charge in [0.15, 0.2) is 0 Å². The first-order chi connectivity index (χ1) is 24.2. The molecular weight excluding hydrogens is 702 g/mol. The molecule has 0 spiro atoms. The van der Waals surface area contributed by atoms with Crippen molar-refractivity contribution in [3.63, 3.8) is 0 Å². The SMILES string of the molecule is C#Cc1ccn2c(-c3cccc(NC(=O)NCC(F)(F)F)c3)cnc2c1.O=C(NCC(F)(F)F)Nc1cccc(-c2cnc3cc(Cl)ccn23)c1. The summed E-state index contributed by atoms with van der Waals surface area (Å²) in [6.45, 7) is -2.80. The largest absolute Gasteiger partial charge is 0.405 e. The molecule has 0 bridgehead atoms. The van der Waals surface area contributed by atoms with E-state index in [0.29, 0.717) is 33.3 Å². The Morgan fingerprint density at radius 3 is 1.65 bits per heavy atom. The van der Waals surface area contributed by atoms with Gasteiger partial charge >= 0.3 is 24.4 Å². The number of terminal acetylenes is 1. The summed E-state index contributed by atoms with van der Waals surface area (Å²) in [4.78, 5) is 31.7. The van der Waals surface area contributed by atoms with Gasteiger partial charge in [-0.15, -0.1) is 6.42 Å². The standard InChI is InChI=1S/C18H13F3N4O.C16H12ClF3N4O/c1-2-12-6-7-25-15(10-22-16(25)8-12)13-4-3-5-14(9-13)24-17(26)23-11-18(19,20)21;17-11-4-5-24-13(8-21-14(24)7-11)10-2-1-3-12(6-10)23-15(25)22-9-16(18,19)20/h1,3-10H,11H2,(H2,23,24,26);1-8H,9H2,(H2,22,23,25). The lowest BCUT2D eigenvalue weighted by Crippen LogP contribution is -2.36. The highest BCUT2D eigenvalue weighted by Crippen LogP contribution is 2.26. The number of hydrogen-bond donors (Lipinski definition) is 4. The lowest BCUT2D eigenvalue weighted by molar-refractivity contribution is -0.123. The third kappa shape index (κ3) is 9.92. The van der Waals surface area contributed by atoms with Crippen molar-refractivity contribution in [1.29, 1.82) is 0 Å². The molecule has 0 saturated carbocycles. The van der Waals surface area contributed by atoms with Crippen molar-refractivity contribution in [1.82, 2.24) is 29.4 Å². The van der Waals surface area contributed by atoms with E-state index in [2.05, 4.69) is 26.5 Å². The number of fused-ring (bicyclic) bond motifs is 2. The fraction of sp³-hybridized carbons (Fsp3) is 0.118. The molecule has 10 nitrogen and oxygen atoms in total. The second-order valence-electron chi connectivity index (χ2n) is 10.7. The topological polar surface area (TPSA) is 117 Å². The van der Waals surface area contributed by atoms with Crippen LogP contribution in [0.25, 0.3) is 33.8 Å². The monoisotopic (exact) mass is 726 g/mol. The van der Waals surface area contributed by atoms with Crippen molar-refractivity contribution in [2.45, 2.75) is 12.4 Å². The molecule has 2 aromatic carbocycles. The van der Waals surface area contributed by atoms with Gasteiger partial charge in [0, 0.05) is 51.5 Å². The average molecular weight is 727 g/mol. The van der Waals surface area contributed by atoms with Crippen LogP contribution in [-0.4, -0.2) is 56.3 Å². The van der Waals surface area contributed by atoms with Crippen LogP contribution in [0.3, 0.4) is 0 Å². The van der Waals surface area contributed by atoms with Crippen LogP contribution in [-0.2, 0) is 0 Å². The first-order valence-electron chi connectivity index (χ1n) is 14.7. The van der Waals surface area contributed by atoms with Crippen molar-refractivity contribution in [2.24, 2.45) is 0 Å². The first-order valence-corrected chi connectivity index (χ1v) is 15.1. The van der Waals surface area contributed by atoms with Gasteiger partial charge in [-0.05, 0) is 42.5 Å². The molecule has 17 heteroatoms. The fourth-order valence-electron chi connectivity index (χ4n) is 4.68. The Bertz CT molecular complexity index is 2240. The first kappa shape index (κ1) is 36.1. The number of carbonyl (C=O) groups is 2. The number of carbonyl (C=O) groups excluding carboxylic acids is 2. The second-order valence-corrected chi connectivity index (χ2v) is 11.1. The summed E-state index contributed by atoms with van der Waals surface area (Å²) in [7, 11) is 0. The van der Waals surface area contributed by atoms with E-state index in [1.54, 1.807) is 108 Å². The summed E-state index contributed by atoms with van der Waals surface area (Å²) in [5.74, 6) is 2.53. The molecular formula is C34H25ClF6N8O2. The quantitative estimate of drug-likeness (QED) is 0.103. The van der Waals surface area contributed by atoms with E-state index in [0.717, 1.165) is 22.5 Å². The van der Waals surface area contributed by atoms with Crippen LogP contribution >= 0.6 is 11.6 Å². The van der Waals surface area contributed by atoms with Crippen LogP contribution in [0.2, 0.25) is 5.02 Å². The van der Waals surface area contributed by atoms with Crippen molar-refractivity contribution in [2.75, 3.05) is 23.7 Å². The minimum atomic E-state index is -4.47. The van der Waals surface area contributed by atoms with Gasteiger partial charge < -0.3 is 21.3 Å². The molecule has 4 heterocycles. The molecule has 0 atom stereocenters. The number of rotatable bonds is 6. The molecule has 0 unspecified atom stereocenters. The fourth-order valence-corrected chi connectivity index (χ4v) is 4.83. The Morgan fingerprint density at radius 1 is 0.706 bits per heavy atom. The van der Waals surface area contributed by atoms with Crippen molar-refractivity contribution in [3.05, 3.63) is 108 Å². The van der Waals surface area contributed by atoms with Crippen LogP contribution in [0.5, 0.6) is 0 Å². The Balaban J connectivity index is 0.000000198. The lowest BCUT2D eigenvalue weighted by atomic mass is 10.1. The molecule has 0 fully saturated rings. The van der Waals surface area contributed by atoms with Crippen LogP contribution in [0, 0.1) is 12.3 Å². The third-order valence-electron chi connectivity index (χ3n) is 6.89. The van der Waals surface area contributed by atoms with E-state index in [1.807, 2.05) is 8.80 Å². The maximum Gasteiger partial charge on any atom is 0.405 e. The van der Waals surface area contributed by atoms with Crippen molar-refractivity contribution in [3.8, 4) is 34.9 Å². The molecule has 6 rings (SSSR count). The Hall–Kier alpha value is -6.21. The number of hydrogen-bond acceptors (Lipinski definition) is 4. The molecule has 4 N–H and O–H groups in total. The van der Waals surface area contributed by atoms with E-state index in [1.165, 1.54) is 0 Å². The average Bonchev–Trinajstić information content (AvgIpc) is 3.70. The molecule has 0 aliphatic rings. The van der Waals surface area contributed by atoms with Gasteiger partial charge in [0.25, 0.3) is 0 Å². The summed E-state index contributed by atoms with van der Waals surface area (Å²) in [6, 6.07) is 18.5. The molecule has 0 radical (unpaired) electrons. The molecule has 4 aromatic heterocycles. The molecule has 0 aliphatic carbocycles. The highest BCUT2D eigenvalue weighted by molar-refractivity contribution is 6.30. The molecule has 0 saturated heterocycles. The Labute approximate surface area is 290 Å². The van der Waals surface area contributed by atoms with Gasteiger partial charge in [-0.25, -0.2) is 19.6 Å². The highest BCUT2D eigenvalue weighted by Gasteiger charge is 2.28. The Morgan fingerprint density at radius 2 is 1.18 bits per heavy atom. The predicted molar refractivity (Wildman–Crippen MR) is 180 cm³/mol. The van der Waals surface area contributed by atoms with E-state index < -0.39 is 37.5 Å². The summed E-state index contributed by atoms with van der Waals surface area (Å²) >= 11 is 5.93. The zero-order chi connectivity index (χ0) is 36.8. The van der Waals surface area contributed by atoms with Crippen molar-refractivity contribution < 1.29 is 35.9 Å². The summed E-state index contributed by atoms with van der Waals surface area (Å²) < 4.78 is 76.4. The van der Waals surface area contributed by atoms with Gasteiger partial charge in [0.05, 0.1) is 23.8 Å². The number of benzene rings is 2. The number of amides is 4. The number of anilines is 2. The number of nitrogens with one attached hydrogen (secondary N) is 4. The smallest absolute Gasteiger partial charge is 0.329 e. The van der Waals surface area contributed by atoms with Gasteiger partial charge in [0.1, 0.15) is 24.4 Å². The van der Waals surface area contributed by atoms with Crippen LogP contribution in [0.4, 0.5) is 47.3 Å². The van der Waals surface area contributed by atoms with E-state index >= 15 is 0 Å². The van der Waals surface area contributed by atoms with Crippen LogP contribution in [0.15, 0.2) is 97.6 Å². The Kier molecular flexibility index (Phi) is 10.7. The van der Waals surface area contributed by atoms with Gasteiger partial charge in [-0.3, -0.25) is 8.80 Å². The number of urea groups is 2. The maximum absolute atomic E-state index is 12.1. The van der Waals surface area contributed by atoms with Crippen LogP contribution in [0.1, 0.15) is 5.56 Å². The predicted octanol–water partition coefficient (Wildman–Crippen LogP) is 8.00. The molecule has 4 amide bonds. The highest BCUT2D eigenvalue weighted by atomic mass is 35.5. The number of halogens is 7. The van der Waals surface area contributed by atoms with E-state index in [-0.39, 0.29) is 0 Å². The van der Waals surface area contributed by atoms with E-state index in [4.69, 9.17) is 18.0 Å². The normalized spacial score (nSPS) is 11.3. The number of nitrogens with zero attached hydrogens (tertiary/aromatic N) is 4. The van der Waals surface area contributed by atoms with Crippen LogP contribution < -0.4 is 21.3 Å². The van der Waals surface area contributed by atoms with Gasteiger partial charge in [-0.2, -0.15) is 26.3 Å². The zero-order valence-corrected chi connectivity index (χ0v) is 26.7. The molecule has 51 heavy (non-hydrogen) atoms. The number of imidazole rings is 2. The molecule has 262 valence electrons. The molecule has 0 aliphatic heterocycles.